The molecule has 0 N–H and O–H groups in total. The standard InChI is InChI=1S/C19H29N5O/c1-4-5-8-17-21-18(25-22-17)14-23(2)13-16-9-11-24(3)19(16)15-7-6-10-20-12-15/h6-7,10,12,16,19H,4-5,8-9,11,13-14H2,1-3H3/t16-,19-/m0/s1. The minimum atomic E-state index is 0.430. The highest BCUT2D eigenvalue weighted by molar-refractivity contribution is 5.17. The number of hydrogen-bond donors (Lipinski definition) is 0. The third kappa shape index (κ3) is 4.64. The maximum absolute atomic E-state index is 5.41. The van der Waals surface area contributed by atoms with Crippen LogP contribution in [0, 0.1) is 5.92 Å². The van der Waals surface area contributed by atoms with E-state index >= 15 is 0 Å². The first-order valence-electron chi connectivity index (χ1n) is 9.27. The SMILES string of the molecule is CCCCc1noc(CN(C)C[C@@H]2CCN(C)[C@H]2c2cccnc2)n1. The number of hydrogen-bond acceptors (Lipinski definition) is 6. The molecule has 1 saturated heterocycles. The van der Waals surface area contributed by atoms with Crippen molar-refractivity contribution < 1.29 is 4.52 Å². The average molecular weight is 343 g/mol. The molecule has 0 radical (unpaired) electrons. The third-order valence-electron chi connectivity index (χ3n) is 5.02. The maximum atomic E-state index is 5.41. The Bertz CT molecular complexity index is 644. The minimum Gasteiger partial charge on any atom is -0.338 e. The van der Waals surface area contributed by atoms with E-state index in [1.165, 1.54) is 12.0 Å². The van der Waals surface area contributed by atoms with Crippen molar-refractivity contribution in [3.8, 4) is 0 Å². The number of rotatable bonds is 8. The molecular formula is C19H29N5O. The molecule has 1 fully saturated rings. The van der Waals surface area contributed by atoms with Gasteiger partial charge >= 0.3 is 0 Å². The number of likely N-dealkylation sites (tertiary alicyclic amines) is 1. The summed E-state index contributed by atoms with van der Waals surface area (Å²) in [5.41, 5.74) is 1.31. The largest absolute Gasteiger partial charge is 0.338 e. The van der Waals surface area contributed by atoms with E-state index in [1.807, 2.05) is 18.5 Å². The van der Waals surface area contributed by atoms with Crippen LogP contribution >= 0.6 is 0 Å². The molecule has 136 valence electrons. The van der Waals surface area contributed by atoms with Gasteiger partial charge in [-0.3, -0.25) is 14.8 Å². The number of aryl methyl sites for hydroxylation is 1. The van der Waals surface area contributed by atoms with Crippen LogP contribution in [0.3, 0.4) is 0 Å². The van der Waals surface area contributed by atoms with E-state index in [1.54, 1.807) is 0 Å². The predicted molar refractivity (Wildman–Crippen MR) is 97.0 cm³/mol. The molecule has 6 nitrogen and oxygen atoms in total. The van der Waals surface area contributed by atoms with Crippen molar-refractivity contribution in [3.63, 3.8) is 0 Å². The van der Waals surface area contributed by atoms with E-state index in [0.717, 1.165) is 44.1 Å². The summed E-state index contributed by atoms with van der Waals surface area (Å²) in [7, 11) is 4.34. The molecule has 25 heavy (non-hydrogen) atoms. The fraction of sp³-hybridized carbons (Fsp3) is 0.632. The highest BCUT2D eigenvalue weighted by Gasteiger charge is 2.33. The van der Waals surface area contributed by atoms with Gasteiger partial charge in [-0.05, 0) is 51.0 Å². The highest BCUT2D eigenvalue weighted by Crippen LogP contribution is 2.36. The second kappa shape index (κ2) is 8.54. The Hall–Kier alpha value is -1.79. The van der Waals surface area contributed by atoms with Crippen molar-refractivity contribution in [2.75, 3.05) is 27.2 Å². The second-order valence-corrected chi connectivity index (χ2v) is 7.17. The van der Waals surface area contributed by atoms with Gasteiger partial charge in [0.1, 0.15) is 0 Å². The van der Waals surface area contributed by atoms with Crippen LogP contribution in [-0.4, -0.2) is 52.1 Å². The molecule has 3 rings (SSSR count). The Balaban J connectivity index is 1.58. The zero-order valence-electron chi connectivity index (χ0n) is 15.6. The lowest BCUT2D eigenvalue weighted by Crippen LogP contribution is -2.30. The highest BCUT2D eigenvalue weighted by atomic mass is 16.5. The van der Waals surface area contributed by atoms with Crippen molar-refractivity contribution in [1.29, 1.82) is 0 Å². The van der Waals surface area contributed by atoms with Gasteiger partial charge in [0.05, 0.1) is 6.54 Å². The van der Waals surface area contributed by atoms with E-state index in [2.05, 4.69) is 52.0 Å². The molecular weight excluding hydrogens is 314 g/mol. The van der Waals surface area contributed by atoms with Gasteiger partial charge in [-0.2, -0.15) is 4.98 Å². The van der Waals surface area contributed by atoms with E-state index in [4.69, 9.17) is 4.52 Å². The Morgan fingerprint density at radius 2 is 2.28 bits per heavy atom. The van der Waals surface area contributed by atoms with Crippen molar-refractivity contribution >= 4 is 0 Å². The van der Waals surface area contributed by atoms with Crippen LogP contribution in [0.25, 0.3) is 0 Å². The Kier molecular flexibility index (Phi) is 6.15. The molecule has 0 amide bonds. The van der Waals surface area contributed by atoms with Crippen LogP contribution < -0.4 is 0 Å². The van der Waals surface area contributed by atoms with Gasteiger partial charge in [0.15, 0.2) is 5.82 Å². The molecule has 6 heteroatoms. The number of pyridine rings is 1. The molecule has 0 aliphatic carbocycles. The summed E-state index contributed by atoms with van der Waals surface area (Å²) in [5, 5.41) is 4.08. The summed E-state index contributed by atoms with van der Waals surface area (Å²) in [4.78, 5) is 13.5. The fourth-order valence-electron chi connectivity index (χ4n) is 3.78. The van der Waals surface area contributed by atoms with Crippen molar-refractivity contribution in [3.05, 3.63) is 41.8 Å². The first-order valence-corrected chi connectivity index (χ1v) is 9.27. The van der Waals surface area contributed by atoms with E-state index in [9.17, 15) is 0 Å². The summed E-state index contributed by atoms with van der Waals surface area (Å²) >= 11 is 0. The fourth-order valence-corrected chi connectivity index (χ4v) is 3.78. The second-order valence-electron chi connectivity index (χ2n) is 7.17. The molecule has 2 aromatic rings. The number of nitrogens with zero attached hydrogens (tertiary/aromatic N) is 5. The van der Waals surface area contributed by atoms with Crippen LogP contribution in [0.1, 0.15) is 49.5 Å². The summed E-state index contributed by atoms with van der Waals surface area (Å²) in [5.74, 6) is 2.14. The van der Waals surface area contributed by atoms with Crippen LogP contribution in [0.15, 0.2) is 29.0 Å². The van der Waals surface area contributed by atoms with Gasteiger partial charge in [0.2, 0.25) is 5.89 Å². The molecule has 0 spiro atoms. The summed E-state index contributed by atoms with van der Waals surface area (Å²) in [6.45, 7) is 5.02. The molecule has 1 aliphatic rings. The van der Waals surface area contributed by atoms with Crippen LogP contribution in [-0.2, 0) is 13.0 Å². The zero-order valence-corrected chi connectivity index (χ0v) is 15.6. The topological polar surface area (TPSA) is 58.3 Å². The van der Waals surface area contributed by atoms with Crippen molar-refractivity contribution in [1.82, 2.24) is 24.9 Å². The average Bonchev–Trinajstić information content (AvgIpc) is 3.20. The lowest BCUT2D eigenvalue weighted by molar-refractivity contribution is 0.197. The molecule has 0 bridgehead atoms. The molecule has 3 heterocycles. The molecule has 2 aromatic heterocycles. The number of aromatic nitrogens is 3. The zero-order chi connectivity index (χ0) is 17.6. The maximum Gasteiger partial charge on any atom is 0.240 e. The molecule has 0 unspecified atom stereocenters. The summed E-state index contributed by atoms with van der Waals surface area (Å²) < 4.78 is 5.41. The van der Waals surface area contributed by atoms with E-state index in [0.29, 0.717) is 18.5 Å². The first-order chi connectivity index (χ1) is 12.2. The Morgan fingerprint density at radius 1 is 1.40 bits per heavy atom. The monoisotopic (exact) mass is 343 g/mol. The first kappa shape index (κ1) is 18.0. The van der Waals surface area contributed by atoms with Crippen LogP contribution in [0.4, 0.5) is 0 Å². The lowest BCUT2D eigenvalue weighted by Gasteiger charge is -2.28. The van der Waals surface area contributed by atoms with Gasteiger partial charge < -0.3 is 4.52 Å². The summed E-state index contributed by atoms with van der Waals surface area (Å²) in [6.07, 6.45) is 8.19. The van der Waals surface area contributed by atoms with Gasteiger partial charge in [-0.1, -0.05) is 24.6 Å². The number of unbranched alkanes of at least 4 members (excludes halogenated alkanes) is 1. The van der Waals surface area contributed by atoms with Crippen LogP contribution in [0.5, 0.6) is 0 Å². The lowest BCUT2D eigenvalue weighted by atomic mass is 9.94. The van der Waals surface area contributed by atoms with Gasteiger partial charge in [-0.15, -0.1) is 0 Å². The quantitative estimate of drug-likeness (QED) is 0.734. The molecule has 0 saturated carbocycles. The van der Waals surface area contributed by atoms with E-state index < -0.39 is 0 Å². The van der Waals surface area contributed by atoms with Crippen LogP contribution in [0.2, 0.25) is 0 Å². The van der Waals surface area contributed by atoms with Gasteiger partial charge in [0.25, 0.3) is 0 Å². The van der Waals surface area contributed by atoms with Crippen molar-refractivity contribution in [2.45, 2.75) is 45.2 Å². The van der Waals surface area contributed by atoms with Gasteiger partial charge in [-0.25, -0.2) is 0 Å². The minimum absolute atomic E-state index is 0.430. The predicted octanol–water partition coefficient (Wildman–Crippen LogP) is 2.93. The van der Waals surface area contributed by atoms with E-state index in [-0.39, 0.29) is 0 Å². The third-order valence-corrected chi connectivity index (χ3v) is 5.02. The summed E-state index contributed by atoms with van der Waals surface area (Å²) in [6, 6.07) is 4.64. The molecule has 1 aliphatic heterocycles. The Morgan fingerprint density at radius 3 is 3.04 bits per heavy atom. The smallest absolute Gasteiger partial charge is 0.240 e. The normalized spacial score (nSPS) is 21.3. The molecule has 2 atom stereocenters. The van der Waals surface area contributed by atoms with Gasteiger partial charge in [0, 0.05) is 31.4 Å². The van der Waals surface area contributed by atoms with Crippen molar-refractivity contribution in [2.24, 2.45) is 5.92 Å². The molecule has 0 aromatic carbocycles. The Labute approximate surface area is 150 Å².